The van der Waals surface area contributed by atoms with Crippen molar-refractivity contribution in [2.24, 2.45) is 0 Å². The van der Waals surface area contributed by atoms with Crippen LogP contribution in [0, 0.1) is 0 Å². The van der Waals surface area contributed by atoms with Gasteiger partial charge in [-0.3, -0.25) is 4.79 Å². The molecule has 1 heterocycles. The molecule has 0 aromatic heterocycles. The first-order chi connectivity index (χ1) is 10.2. The minimum atomic E-state index is 0. The van der Waals surface area contributed by atoms with E-state index in [-0.39, 0.29) is 24.4 Å². The zero-order valence-electron chi connectivity index (χ0n) is 13.4. The number of ether oxygens (including phenoxy) is 1. The van der Waals surface area contributed by atoms with Crippen molar-refractivity contribution in [2.75, 3.05) is 13.2 Å². The van der Waals surface area contributed by atoms with Gasteiger partial charge in [-0.15, -0.1) is 12.4 Å². The lowest BCUT2D eigenvalue weighted by atomic mass is 10.0. The quantitative estimate of drug-likeness (QED) is 0.789. The van der Waals surface area contributed by atoms with Crippen LogP contribution in [0.4, 0.5) is 0 Å². The summed E-state index contributed by atoms with van der Waals surface area (Å²) in [6.45, 7) is 5.99. The SMILES string of the molecule is CCCCOc1ccc(C(=O)NC2CCNC(C)C2)cc1.Cl. The number of halogens is 1. The summed E-state index contributed by atoms with van der Waals surface area (Å²) < 4.78 is 5.61. The predicted octanol–water partition coefficient (Wildman–Crippen LogP) is 3.16. The summed E-state index contributed by atoms with van der Waals surface area (Å²) >= 11 is 0. The Morgan fingerprint density at radius 2 is 2.09 bits per heavy atom. The molecule has 22 heavy (non-hydrogen) atoms. The maximum atomic E-state index is 12.2. The van der Waals surface area contributed by atoms with Crippen LogP contribution in [0.15, 0.2) is 24.3 Å². The molecule has 2 rings (SSSR count). The van der Waals surface area contributed by atoms with E-state index in [0.717, 1.165) is 44.6 Å². The van der Waals surface area contributed by atoms with Crippen molar-refractivity contribution in [3.05, 3.63) is 29.8 Å². The number of nitrogens with one attached hydrogen (secondary N) is 2. The molecule has 1 fully saturated rings. The van der Waals surface area contributed by atoms with Gasteiger partial charge in [0.1, 0.15) is 5.75 Å². The predicted molar refractivity (Wildman–Crippen MR) is 92.0 cm³/mol. The van der Waals surface area contributed by atoms with Crippen LogP contribution >= 0.6 is 12.4 Å². The van der Waals surface area contributed by atoms with Gasteiger partial charge in [-0.25, -0.2) is 0 Å². The lowest BCUT2D eigenvalue weighted by molar-refractivity contribution is 0.0925. The molecule has 2 atom stereocenters. The number of hydrogen-bond acceptors (Lipinski definition) is 3. The highest BCUT2D eigenvalue weighted by Crippen LogP contribution is 2.14. The molecule has 124 valence electrons. The van der Waals surface area contributed by atoms with E-state index >= 15 is 0 Å². The van der Waals surface area contributed by atoms with Gasteiger partial charge >= 0.3 is 0 Å². The molecule has 1 aromatic rings. The molecule has 0 aliphatic carbocycles. The third-order valence-electron chi connectivity index (χ3n) is 3.84. The highest BCUT2D eigenvalue weighted by atomic mass is 35.5. The van der Waals surface area contributed by atoms with E-state index in [9.17, 15) is 4.79 Å². The number of rotatable bonds is 6. The van der Waals surface area contributed by atoms with Crippen molar-refractivity contribution in [1.82, 2.24) is 10.6 Å². The maximum absolute atomic E-state index is 12.2. The van der Waals surface area contributed by atoms with Gasteiger partial charge in [-0.2, -0.15) is 0 Å². The summed E-state index contributed by atoms with van der Waals surface area (Å²) in [4.78, 5) is 12.2. The van der Waals surface area contributed by atoms with Crippen LogP contribution in [0.3, 0.4) is 0 Å². The Morgan fingerprint density at radius 1 is 1.36 bits per heavy atom. The zero-order valence-corrected chi connectivity index (χ0v) is 14.2. The minimum absolute atomic E-state index is 0. The molecular formula is C17H27ClN2O2. The van der Waals surface area contributed by atoms with Crippen molar-refractivity contribution in [1.29, 1.82) is 0 Å². The highest BCUT2D eigenvalue weighted by Gasteiger charge is 2.20. The van der Waals surface area contributed by atoms with Crippen LogP contribution in [-0.2, 0) is 0 Å². The third kappa shape index (κ3) is 5.85. The summed E-state index contributed by atoms with van der Waals surface area (Å²) in [7, 11) is 0. The minimum Gasteiger partial charge on any atom is -0.494 e. The van der Waals surface area contributed by atoms with Crippen molar-refractivity contribution >= 4 is 18.3 Å². The number of carbonyl (C=O) groups is 1. The molecule has 1 amide bonds. The van der Waals surface area contributed by atoms with Crippen LogP contribution in [0.2, 0.25) is 0 Å². The smallest absolute Gasteiger partial charge is 0.251 e. The monoisotopic (exact) mass is 326 g/mol. The fraction of sp³-hybridized carbons (Fsp3) is 0.588. The topological polar surface area (TPSA) is 50.4 Å². The molecule has 2 unspecified atom stereocenters. The molecule has 5 heteroatoms. The van der Waals surface area contributed by atoms with Gasteiger partial charge in [-0.1, -0.05) is 13.3 Å². The van der Waals surface area contributed by atoms with E-state index in [1.807, 2.05) is 24.3 Å². The van der Waals surface area contributed by atoms with Crippen LogP contribution in [0.5, 0.6) is 5.75 Å². The largest absolute Gasteiger partial charge is 0.494 e. The summed E-state index contributed by atoms with van der Waals surface area (Å²) in [5, 5.41) is 6.51. The number of unbranched alkanes of at least 4 members (excludes halogenated alkanes) is 1. The van der Waals surface area contributed by atoms with Crippen molar-refractivity contribution in [2.45, 2.75) is 51.6 Å². The van der Waals surface area contributed by atoms with Crippen LogP contribution in [0.1, 0.15) is 49.9 Å². The molecule has 1 aliphatic heterocycles. The molecular weight excluding hydrogens is 300 g/mol. The molecule has 0 radical (unpaired) electrons. The molecule has 0 spiro atoms. The fourth-order valence-electron chi connectivity index (χ4n) is 2.57. The van der Waals surface area contributed by atoms with Gasteiger partial charge in [0.25, 0.3) is 5.91 Å². The second-order valence-electron chi connectivity index (χ2n) is 5.78. The summed E-state index contributed by atoms with van der Waals surface area (Å²) in [6.07, 6.45) is 4.16. The molecule has 1 saturated heterocycles. The lowest BCUT2D eigenvalue weighted by Gasteiger charge is -2.28. The Morgan fingerprint density at radius 3 is 2.73 bits per heavy atom. The third-order valence-corrected chi connectivity index (χ3v) is 3.84. The Balaban J connectivity index is 0.00000242. The second kappa shape index (κ2) is 9.70. The maximum Gasteiger partial charge on any atom is 0.251 e. The van der Waals surface area contributed by atoms with Crippen LogP contribution < -0.4 is 15.4 Å². The van der Waals surface area contributed by atoms with Crippen molar-refractivity contribution in [3.63, 3.8) is 0 Å². The van der Waals surface area contributed by atoms with Crippen LogP contribution in [-0.4, -0.2) is 31.1 Å². The van der Waals surface area contributed by atoms with Crippen molar-refractivity contribution < 1.29 is 9.53 Å². The molecule has 1 aromatic carbocycles. The van der Waals surface area contributed by atoms with E-state index < -0.39 is 0 Å². The van der Waals surface area contributed by atoms with Gasteiger partial charge in [0.05, 0.1) is 6.61 Å². The van der Waals surface area contributed by atoms with E-state index in [4.69, 9.17) is 4.74 Å². The van der Waals surface area contributed by atoms with Gasteiger partial charge in [0.15, 0.2) is 0 Å². The second-order valence-corrected chi connectivity index (χ2v) is 5.78. The molecule has 1 aliphatic rings. The van der Waals surface area contributed by atoms with Crippen molar-refractivity contribution in [3.8, 4) is 5.75 Å². The Hall–Kier alpha value is -1.26. The first kappa shape index (κ1) is 18.8. The lowest BCUT2D eigenvalue weighted by Crippen LogP contribution is -2.46. The Labute approximate surface area is 139 Å². The average Bonchev–Trinajstić information content (AvgIpc) is 2.48. The summed E-state index contributed by atoms with van der Waals surface area (Å²) in [5.74, 6) is 0.838. The Kier molecular flexibility index (Phi) is 8.28. The number of piperidine rings is 1. The van der Waals surface area contributed by atoms with Gasteiger partial charge in [-0.05, 0) is 57.0 Å². The van der Waals surface area contributed by atoms with E-state index in [2.05, 4.69) is 24.5 Å². The fourth-order valence-corrected chi connectivity index (χ4v) is 2.57. The molecule has 2 N–H and O–H groups in total. The summed E-state index contributed by atoms with van der Waals surface area (Å²) in [6, 6.07) is 8.15. The van der Waals surface area contributed by atoms with Gasteiger partial charge in [0.2, 0.25) is 0 Å². The number of hydrogen-bond donors (Lipinski definition) is 2. The molecule has 0 bridgehead atoms. The van der Waals surface area contributed by atoms with Gasteiger partial charge < -0.3 is 15.4 Å². The standard InChI is InChI=1S/C17H26N2O2.ClH/c1-3-4-11-21-16-7-5-14(6-8-16)17(20)19-15-9-10-18-13(2)12-15;/h5-8,13,15,18H,3-4,9-12H2,1-2H3,(H,19,20);1H. The first-order valence-corrected chi connectivity index (χ1v) is 7.96. The van der Waals surface area contributed by atoms with E-state index in [1.165, 1.54) is 0 Å². The number of benzene rings is 1. The average molecular weight is 327 g/mol. The molecule has 0 saturated carbocycles. The normalized spacial score (nSPS) is 20.8. The van der Waals surface area contributed by atoms with Gasteiger partial charge in [0, 0.05) is 17.6 Å². The first-order valence-electron chi connectivity index (χ1n) is 7.96. The van der Waals surface area contributed by atoms with E-state index in [1.54, 1.807) is 0 Å². The van der Waals surface area contributed by atoms with Crippen LogP contribution in [0.25, 0.3) is 0 Å². The number of amides is 1. The molecule has 4 nitrogen and oxygen atoms in total. The highest BCUT2D eigenvalue weighted by molar-refractivity contribution is 5.94. The summed E-state index contributed by atoms with van der Waals surface area (Å²) in [5.41, 5.74) is 0.698. The zero-order chi connectivity index (χ0) is 15.1. The van der Waals surface area contributed by atoms with E-state index in [0.29, 0.717) is 11.6 Å². The Bertz CT molecular complexity index is 450. The number of carbonyl (C=O) groups excluding carboxylic acids is 1.